The number of anilines is 1. The number of rotatable bonds is 8. The fraction of sp³-hybridized carbons (Fsp3) is 0.348. The van der Waals surface area contributed by atoms with Crippen LogP contribution in [0.3, 0.4) is 0 Å². The molecular formula is C23H29N3O3. The Kier molecular flexibility index (Phi) is 7.95. The van der Waals surface area contributed by atoms with E-state index in [2.05, 4.69) is 29.6 Å². The van der Waals surface area contributed by atoms with Crippen molar-refractivity contribution in [2.24, 2.45) is 0 Å². The van der Waals surface area contributed by atoms with Crippen LogP contribution in [0.25, 0.3) is 0 Å². The molecule has 2 aromatic rings. The van der Waals surface area contributed by atoms with Crippen molar-refractivity contribution >= 4 is 23.3 Å². The number of ketones is 1. The van der Waals surface area contributed by atoms with E-state index < -0.39 is 11.8 Å². The number of hydrazine groups is 1. The number of aryl methyl sites for hydroxylation is 2. The van der Waals surface area contributed by atoms with Gasteiger partial charge < -0.3 is 4.90 Å². The van der Waals surface area contributed by atoms with Gasteiger partial charge in [0.05, 0.1) is 0 Å². The van der Waals surface area contributed by atoms with E-state index in [1.54, 1.807) is 12.1 Å². The molecule has 0 aliphatic carbocycles. The Labute approximate surface area is 172 Å². The third kappa shape index (κ3) is 6.17. The zero-order valence-electron chi connectivity index (χ0n) is 17.5. The highest BCUT2D eigenvalue weighted by Crippen LogP contribution is 2.15. The number of carbonyl (C=O) groups is 3. The molecule has 0 spiro atoms. The van der Waals surface area contributed by atoms with E-state index in [0.29, 0.717) is 11.1 Å². The summed E-state index contributed by atoms with van der Waals surface area (Å²) >= 11 is 0. The summed E-state index contributed by atoms with van der Waals surface area (Å²) in [7, 11) is 0. The molecule has 2 aromatic carbocycles. The summed E-state index contributed by atoms with van der Waals surface area (Å²) in [6.45, 7) is 9.72. The zero-order valence-corrected chi connectivity index (χ0v) is 17.5. The van der Waals surface area contributed by atoms with Gasteiger partial charge in [0.25, 0.3) is 5.91 Å². The van der Waals surface area contributed by atoms with Gasteiger partial charge in [-0.1, -0.05) is 17.7 Å². The van der Waals surface area contributed by atoms with Crippen LogP contribution in [-0.2, 0) is 4.79 Å². The van der Waals surface area contributed by atoms with E-state index in [1.165, 1.54) is 0 Å². The Morgan fingerprint density at radius 2 is 1.52 bits per heavy atom. The van der Waals surface area contributed by atoms with Crippen molar-refractivity contribution in [1.29, 1.82) is 0 Å². The van der Waals surface area contributed by atoms with E-state index in [1.807, 2.05) is 44.2 Å². The third-order valence-corrected chi connectivity index (χ3v) is 4.85. The number of hydrogen-bond donors (Lipinski definition) is 2. The van der Waals surface area contributed by atoms with Crippen LogP contribution in [0.1, 0.15) is 58.5 Å². The minimum Gasteiger partial charge on any atom is -0.372 e. The molecule has 0 unspecified atom stereocenters. The minimum absolute atomic E-state index is 0.00733. The maximum absolute atomic E-state index is 12.3. The zero-order chi connectivity index (χ0) is 21.4. The molecule has 0 saturated carbocycles. The Balaban J connectivity index is 1.83. The van der Waals surface area contributed by atoms with Gasteiger partial charge in [0, 0.05) is 42.7 Å². The molecule has 2 N–H and O–H groups in total. The van der Waals surface area contributed by atoms with E-state index in [0.717, 1.165) is 29.9 Å². The second-order valence-corrected chi connectivity index (χ2v) is 6.96. The summed E-state index contributed by atoms with van der Waals surface area (Å²) in [5.41, 5.74) is 8.79. The van der Waals surface area contributed by atoms with Crippen molar-refractivity contribution < 1.29 is 14.4 Å². The first-order chi connectivity index (χ1) is 13.8. The molecule has 0 aromatic heterocycles. The molecule has 0 aliphatic rings. The van der Waals surface area contributed by atoms with Gasteiger partial charge >= 0.3 is 0 Å². The van der Waals surface area contributed by atoms with Gasteiger partial charge in [-0.25, -0.2) is 0 Å². The lowest BCUT2D eigenvalue weighted by Crippen LogP contribution is -2.41. The highest BCUT2D eigenvalue weighted by Gasteiger charge is 2.13. The molecule has 29 heavy (non-hydrogen) atoms. The second kappa shape index (κ2) is 10.4. The predicted molar refractivity (Wildman–Crippen MR) is 115 cm³/mol. The van der Waals surface area contributed by atoms with Crippen LogP contribution in [0, 0.1) is 13.8 Å². The first-order valence-corrected chi connectivity index (χ1v) is 9.90. The van der Waals surface area contributed by atoms with Crippen LogP contribution in [0.4, 0.5) is 5.69 Å². The van der Waals surface area contributed by atoms with Crippen LogP contribution in [0.5, 0.6) is 0 Å². The summed E-state index contributed by atoms with van der Waals surface area (Å²) in [5.74, 6) is -0.887. The van der Waals surface area contributed by atoms with E-state index in [9.17, 15) is 14.4 Å². The van der Waals surface area contributed by atoms with Crippen LogP contribution in [-0.4, -0.2) is 30.7 Å². The average molecular weight is 396 g/mol. The van der Waals surface area contributed by atoms with Crippen LogP contribution in [0.15, 0.2) is 42.5 Å². The minimum atomic E-state index is -0.406. The lowest BCUT2D eigenvalue weighted by Gasteiger charge is -2.21. The summed E-state index contributed by atoms with van der Waals surface area (Å²) < 4.78 is 0. The Hall–Kier alpha value is -3.15. The highest BCUT2D eigenvalue weighted by atomic mass is 16.2. The largest absolute Gasteiger partial charge is 0.372 e. The summed E-state index contributed by atoms with van der Waals surface area (Å²) in [6, 6.07) is 12.9. The molecule has 0 heterocycles. The molecule has 6 nitrogen and oxygen atoms in total. The number of benzene rings is 2. The van der Waals surface area contributed by atoms with Gasteiger partial charge in [-0.2, -0.15) is 0 Å². The normalized spacial score (nSPS) is 10.3. The fourth-order valence-electron chi connectivity index (χ4n) is 3.07. The number of hydrogen-bond acceptors (Lipinski definition) is 4. The van der Waals surface area contributed by atoms with Crippen molar-refractivity contribution in [2.75, 3.05) is 18.0 Å². The predicted octanol–water partition coefficient (Wildman–Crippen LogP) is 3.57. The van der Waals surface area contributed by atoms with E-state index in [-0.39, 0.29) is 18.6 Å². The maximum Gasteiger partial charge on any atom is 0.269 e. The van der Waals surface area contributed by atoms with Gasteiger partial charge in [0.1, 0.15) is 0 Å². The fourth-order valence-corrected chi connectivity index (χ4v) is 3.07. The van der Waals surface area contributed by atoms with Gasteiger partial charge in [-0.05, 0) is 63.6 Å². The summed E-state index contributed by atoms with van der Waals surface area (Å²) in [5, 5.41) is 0. The molecule has 0 bridgehead atoms. The average Bonchev–Trinajstić information content (AvgIpc) is 2.73. The topological polar surface area (TPSA) is 78.5 Å². The molecule has 6 heteroatoms. The molecule has 0 atom stereocenters. The maximum atomic E-state index is 12.3. The van der Waals surface area contributed by atoms with Crippen LogP contribution >= 0.6 is 0 Å². The van der Waals surface area contributed by atoms with Crippen molar-refractivity contribution in [3.63, 3.8) is 0 Å². The van der Waals surface area contributed by atoms with Gasteiger partial charge in [-0.15, -0.1) is 0 Å². The molecule has 154 valence electrons. The quantitative estimate of drug-likeness (QED) is 0.529. The second-order valence-electron chi connectivity index (χ2n) is 6.96. The van der Waals surface area contributed by atoms with Crippen LogP contribution < -0.4 is 15.8 Å². The molecular weight excluding hydrogens is 366 g/mol. The highest BCUT2D eigenvalue weighted by molar-refractivity contribution is 6.00. The number of carbonyl (C=O) groups excluding carboxylic acids is 3. The first kappa shape index (κ1) is 22.1. The van der Waals surface area contributed by atoms with Crippen molar-refractivity contribution in [3.8, 4) is 0 Å². The number of nitrogens with zero attached hydrogens (tertiary/aromatic N) is 1. The Morgan fingerprint density at radius 3 is 2.14 bits per heavy atom. The number of Topliss-reactive ketones (excluding diaryl/α,β-unsaturated/α-hetero) is 1. The smallest absolute Gasteiger partial charge is 0.269 e. The van der Waals surface area contributed by atoms with Crippen molar-refractivity contribution in [3.05, 3.63) is 64.7 Å². The number of nitrogens with one attached hydrogen (secondary N) is 2. The Morgan fingerprint density at radius 1 is 0.862 bits per heavy atom. The van der Waals surface area contributed by atoms with Gasteiger partial charge in [0.2, 0.25) is 5.91 Å². The monoisotopic (exact) mass is 395 g/mol. The van der Waals surface area contributed by atoms with Crippen molar-refractivity contribution in [2.45, 2.75) is 40.5 Å². The standard InChI is InChI=1S/C23H29N3O3/c1-5-26(6-2)19-11-9-18(10-12-19)23(29)25-24-22(28)14-13-21(27)20-15-16(3)7-8-17(20)4/h7-12,15H,5-6,13-14H2,1-4H3,(H,24,28)(H,25,29). The molecule has 2 amide bonds. The van der Waals surface area contributed by atoms with Gasteiger partial charge in [0.15, 0.2) is 5.78 Å². The summed E-state index contributed by atoms with van der Waals surface area (Å²) in [6.07, 6.45) is 0.0952. The number of amides is 2. The van der Waals surface area contributed by atoms with Gasteiger partial charge in [-0.3, -0.25) is 25.2 Å². The third-order valence-electron chi connectivity index (χ3n) is 4.85. The van der Waals surface area contributed by atoms with E-state index in [4.69, 9.17) is 0 Å². The van der Waals surface area contributed by atoms with Crippen molar-refractivity contribution in [1.82, 2.24) is 10.9 Å². The summed E-state index contributed by atoms with van der Waals surface area (Å²) in [4.78, 5) is 38.7. The molecule has 0 fully saturated rings. The molecule has 2 rings (SSSR count). The molecule has 0 saturated heterocycles. The SMILES string of the molecule is CCN(CC)c1ccc(C(=O)NNC(=O)CCC(=O)c2cc(C)ccc2C)cc1. The Bertz CT molecular complexity index is 871. The molecule has 0 aliphatic heterocycles. The lowest BCUT2D eigenvalue weighted by molar-refractivity contribution is -0.121. The molecule has 0 radical (unpaired) electrons. The first-order valence-electron chi connectivity index (χ1n) is 9.90. The van der Waals surface area contributed by atoms with E-state index >= 15 is 0 Å². The van der Waals surface area contributed by atoms with Crippen LogP contribution in [0.2, 0.25) is 0 Å². The lowest BCUT2D eigenvalue weighted by atomic mass is 9.99.